The zero-order valence-corrected chi connectivity index (χ0v) is 18.1. The van der Waals surface area contributed by atoms with Gasteiger partial charge >= 0.3 is 0 Å². The summed E-state index contributed by atoms with van der Waals surface area (Å²) in [6.07, 6.45) is 2.18. The molecule has 2 N–H and O–H groups in total. The average molecular weight is 425 g/mol. The second kappa shape index (κ2) is 9.39. The maximum absolute atomic E-state index is 13.1. The molecule has 2 aromatic carbocycles. The number of ether oxygens (including phenoxy) is 2. The van der Waals surface area contributed by atoms with E-state index in [1.165, 1.54) is 9.80 Å². The van der Waals surface area contributed by atoms with Gasteiger partial charge in [-0.2, -0.15) is 0 Å². The van der Waals surface area contributed by atoms with E-state index in [0.717, 1.165) is 37.4 Å². The van der Waals surface area contributed by atoms with Gasteiger partial charge in [0.2, 0.25) is 5.91 Å². The molecule has 164 valence electrons. The number of carbonyl (C=O) groups excluding carboxylic acids is 2. The summed E-state index contributed by atoms with van der Waals surface area (Å²) >= 11 is 0. The lowest BCUT2D eigenvalue weighted by Gasteiger charge is -2.32. The summed E-state index contributed by atoms with van der Waals surface area (Å²) in [5.74, 6) is 1.27. The number of nitrogens with zero attached hydrogens (tertiary/aromatic N) is 1. The molecule has 0 radical (unpaired) electrons. The minimum atomic E-state index is -0.301. The van der Waals surface area contributed by atoms with Crippen LogP contribution >= 0.6 is 0 Å². The largest absolute Gasteiger partial charge is 0.497 e. The van der Waals surface area contributed by atoms with Crippen molar-refractivity contribution >= 4 is 23.2 Å². The van der Waals surface area contributed by atoms with Crippen LogP contribution in [0.4, 0.5) is 11.4 Å². The molecule has 2 heterocycles. The van der Waals surface area contributed by atoms with Crippen LogP contribution in [0, 0.1) is 0 Å². The van der Waals surface area contributed by atoms with E-state index in [2.05, 4.69) is 5.32 Å². The minimum absolute atomic E-state index is 0.105. The summed E-state index contributed by atoms with van der Waals surface area (Å²) < 4.78 is 10.7. The van der Waals surface area contributed by atoms with Crippen molar-refractivity contribution in [2.75, 3.05) is 37.0 Å². The average Bonchev–Trinajstić information content (AvgIpc) is 3.09. The lowest BCUT2D eigenvalue weighted by atomic mass is 10.0. The lowest BCUT2D eigenvalue weighted by molar-refractivity contribution is -0.919. The fourth-order valence-corrected chi connectivity index (χ4v) is 4.50. The molecule has 1 atom stereocenters. The fraction of sp³-hybridized carbons (Fsp3) is 0.417. The first-order valence-electron chi connectivity index (χ1n) is 10.9. The zero-order chi connectivity index (χ0) is 21.8. The number of benzene rings is 2. The van der Waals surface area contributed by atoms with Gasteiger partial charge in [0.05, 0.1) is 38.9 Å². The van der Waals surface area contributed by atoms with Crippen molar-refractivity contribution in [2.24, 2.45) is 0 Å². The second-order valence-electron chi connectivity index (χ2n) is 8.06. The van der Waals surface area contributed by atoms with E-state index in [4.69, 9.17) is 9.47 Å². The Labute approximate surface area is 182 Å². The van der Waals surface area contributed by atoms with Gasteiger partial charge in [-0.25, -0.2) is 4.90 Å². The number of rotatable bonds is 7. The molecular formula is C24H30N3O4+. The van der Waals surface area contributed by atoms with Crippen LogP contribution < -0.4 is 24.6 Å². The van der Waals surface area contributed by atoms with Gasteiger partial charge in [0.1, 0.15) is 11.5 Å². The molecular weight excluding hydrogens is 394 g/mol. The van der Waals surface area contributed by atoms with Crippen molar-refractivity contribution in [1.29, 1.82) is 0 Å². The highest BCUT2D eigenvalue weighted by Crippen LogP contribution is 2.26. The van der Waals surface area contributed by atoms with Gasteiger partial charge in [-0.1, -0.05) is 6.07 Å². The van der Waals surface area contributed by atoms with Gasteiger partial charge < -0.3 is 19.7 Å². The summed E-state index contributed by atoms with van der Waals surface area (Å²) in [5.41, 5.74) is 1.66. The number of methoxy groups -OCH3 is 1. The molecule has 31 heavy (non-hydrogen) atoms. The Bertz CT molecular complexity index is 923. The van der Waals surface area contributed by atoms with Crippen LogP contribution in [0.1, 0.15) is 26.2 Å². The first-order chi connectivity index (χ1) is 15.1. The lowest BCUT2D eigenvalue weighted by Crippen LogP contribution is -3.17. The molecule has 0 aromatic heterocycles. The molecule has 2 fully saturated rings. The number of quaternary nitrogens is 1. The van der Waals surface area contributed by atoms with Gasteiger partial charge in [0.15, 0.2) is 6.04 Å². The molecule has 0 spiro atoms. The number of carbonyl (C=O) groups is 2. The van der Waals surface area contributed by atoms with Crippen LogP contribution in [0.3, 0.4) is 0 Å². The van der Waals surface area contributed by atoms with E-state index >= 15 is 0 Å². The van der Waals surface area contributed by atoms with E-state index in [0.29, 0.717) is 24.1 Å². The molecule has 4 rings (SSSR count). The summed E-state index contributed by atoms with van der Waals surface area (Å²) in [6, 6.07) is 15.2. The second-order valence-corrected chi connectivity index (χ2v) is 8.06. The normalized spacial score (nSPS) is 23.7. The van der Waals surface area contributed by atoms with Gasteiger partial charge in [0.25, 0.3) is 5.91 Å². The Hall–Kier alpha value is -3.06. The van der Waals surface area contributed by atoms with Crippen molar-refractivity contribution in [3.05, 3.63) is 48.5 Å². The van der Waals surface area contributed by atoms with E-state index in [-0.39, 0.29) is 24.3 Å². The first kappa shape index (κ1) is 21.2. The van der Waals surface area contributed by atoms with Crippen LogP contribution in [-0.2, 0) is 9.59 Å². The van der Waals surface area contributed by atoms with Crippen LogP contribution in [0.2, 0.25) is 0 Å². The number of hydrogen-bond donors (Lipinski definition) is 2. The van der Waals surface area contributed by atoms with E-state index < -0.39 is 0 Å². The third-order valence-electron chi connectivity index (χ3n) is 6.11. The Morgan fingerprint density at radius 2 is 1.81 bits per heavy atom. The molecule has 2 aromatic rings. The maximum atomic E-state index is 13.1. The highest BCUT2D eigenvalue weighted by molar-refractivity contribution is 6.21. The number of anilines is 2. The van der Waals surface area contributed by atoms with Gasteiger partial charge in [-0.3, -0.25) is 9.59 Å². The number of piperidine rings is 1. The first-order valence-corrected chi connectivity index (χ1v) is 10.9. The summed E-state index contributed by atoms with van der Waals surface area (Å²) in [6.45, 7) is 4.36. The Morgan fingerprint density at radius 3 is 2.48 bits per heavy atom. The Morgan fingerprint density at radius 1 is 1.06 bits per heavy atom. The number of hydrogen-bond acceptors (Lipinski definition) is 5. The van der Waals surface area contributed by atoms with Crippen molar-refractivity contribution in [3.63, 3.8) is 0 Å². The fourth-order valence-electron chi connectivity index (χ4n) is 4.50. The summed E-state index contributed by atoms with van der Waals surface area (Å²) in [4.78, 5) is 28.3. The third-order valence-corrected chi connectivity index (χ3v) is 6.11. The van der Waals surface area contributed by atoms with E-state index in [9.17, 15) is 9.59 Å². The number of imide groups is 1. The highest BCUT2D eigenvalue weighted by Gasteiger charge is 2.46. The number of likely N-dealkylation sites (tertiary alicyclic amines) is 1. The number of amides is 2. The molecule has 0 bridgehead atoms. The third kappa shape index (κ3) is 4.66. The standard InChI is InChI=1S/C24H29N3O4/c1-3-31-20-9-7-17(8-10-20)25-18-11-13-26(14-12-18)22-16-23(28)27(24(22)29)19-5-4-6-21(15-19)30-2/h4-10,15,18,22,25H,3,11-14,16H2,1-2H3/p+1/t22-/m0/s1. The van der Waals surface area contributed by atoms with E-state index in [1.807, 2.05) is 31.2 Å². The van der Waals surface area contributed by atoms with Crippen LogP contribution in [0.15, 0.2) is 48.5 Å². The van der Waals surface area contributed by atoms with Crippen molar-refractivity contribution < 1.29 is 24.0 Å². The highest BCUT2D eigenvalue weighted by atomic mass is 16.5. The molecule has 0 unspecified atom stereocenters. The molecule has 2 aliphatic rings. The maximum Gasteiger partial charge on any atom is 0.292 e. The smallest absolute Gasteiger partial charge is 0.292 e. The monoisotopic (exact) mass is 424 g/mol. The summed E-state index contributed by atoms with van der Waals surface area (Å²) in [5, 5.41) is 3.58. The predicted octanol–water partition coefficient (Wildman–Crippen LogP) is 1.89. The van der Waals surface area contributed by atoms with Gasteiger partial charge in [0, 0.05) is 30.6 Å². The molecule has 0 aliphatic carbocycles. The van der Waals surface area contributed by atoms with Crippen molar-refractivity contribution in [3.8, 4) is 11.5 Å². The molecule has 2 saturated heterocycles. The SMILES string of the molecule is CCOc1ccc(NC2CC[NH+]([C@H]3CC(=O)N(c4cccc(OC)c4)C3=O)CC2)cc1. The molecule has 2 amide bonds. The van der Waals surface area contributed by atoms with Crippen molar-refractivity contribution in [2.45, 2.75) is 38.3 Å². The Kier molecular flexibility index (Phi) is 6.42. The molecule has 2 aliphatic heterocycles. The predicted molar refractivity (Wildman–Crippen MR) is 119 cm³/mol. The summed E-state index contributed by atoms with van der Waals surface area (Å²) in [7, 11) is 1.57. The quantitative estimate of drug-likeness (QED) is 0.664. The van der Waals surface area contributed by atoms with Crippen LogP contribution in [0.5, 0.6) is 11.5 Å². The van der Waals surface area contributed by atoms with Crippen LogP contribution in [-0.4, -0.2) is 50.7 Å². The van der Waals surface area contributed by atoms with Gasteiger partial charge in [-0.15, -0.1) is 0 Å². The zero-order valence-electron chi connectivity index (χ0n) is 18.1. The minimum Gasteiger partial charge on any atom is -0.497 e. The number of nitrogens with one attached hydrogen (secondary N) is 2. The Balaban J connectivity index is 1.34. The van der Waals surface area contributed by atoms with Crippen LogP contribution in [0.25, 0.3) is 0 Å². The molecule has 0 saturated carbocycles. The molecule has 7 heteroatoms. The topological polar surface area (TPSA) is 72.3 Å². The van der Waals surface area contributed by atoms with Crippen molar-refractivity contribution in [1.82, 2.24) is 0 Å². The molecule has 7 nitrogen and oxygen atoms in total. The van der Waals surface area contributed by atoms with Gasteiger partial charge in [-0.05, 0) is 43.3 Å². The van der Waals surface area contributed by atoms with E-state index in [1.54, 1.807) is 31.4 Å².